The van der Waals surface area contributed by atoms with Gasteiger partial charge in [-0.2, -0.15) is 0 Å². The molecule has 0 aliphatic heterocycles. The van der Waals surface area contributed by atoms with Crippen LogP contribution in [0.4, 0.5) is 0 Å². The largest absolute Gasteiger partial charge is 0.507 e. The molecule has 0 aliphatic carbocycles. The lowest BCUT2D eigenvalue weighted by Crippen LogP contribution is -2.04. The first-order valence-corrected chi connectivity index (χ1v) is 10.7. The van der Waals surface area contributed by atoms with Crippen molar-refractivity contribution in [3.8, 4) is 45.8 Å². The van der Waals surface area contributed by atoms with E-state index in [1.54, 1.807) is 0 Å². The molecule has 1 aromatic heterocycles. The normalized spacial score (nSPS) is 11.6. The Kier molecular flexibility index (Phi) is 7.10. The van der Waals surface area contributed by atoms with Gasteiger partial charge >= 0.3 is 0 Å². The second-order valence-corrected chi connectivity index (χ2v) is 8.33. The van der Waals surface area contributed by atoms with Gasteiger partial charge in [-0.25, -0.2) is 0 Å². The van der Waals surface area contributed by atoms with E-state index in [0.29, 0.717) is 0 Å². The third kappa shape index (κ3) is 4.80. The molecule has 0 saturated heterocycles. The molecule has 0 atom stereocenters. The number of fused-ring (bicyclic) bond motifs is 1. The van der Waals surface area contributed by atoms with Gasteiger partial charge in [-0.1, -0.05) is 23.3 Å². The Balaban J connectivity index is 2.07. The number of hydrogen-bond acceptors (Lipinski definition) is 8. The van der Waals surface area contributed by atoms with Crippen molar-refractivity contribution in [2.45, 2.75) is 40.0 Å². The van der Waals surface area contributed by atoms with Crippen LogP contribution in [0.15, 0.2) is 50.7 Å². The van der Waals surface area contributed by atoms with Crippen molar-refractivity contribution in [3.63, 3.8) is 0 Å². The number of phenolic OH excluding ortho intramolecular Hbond substituents is 4. The number of hydrogen-bond donors (Lipinski definition) is 5. The molecule has 0 saturated carbocycles. The summed E-state index contributed by atoms with van der Waals surface area (Å²) in [6, 6.07) is 3.46. The maximum absolute atomic E-state index is 12.9. The van der Waals surface area contributed by atoms with E-state index in [0.717, 1.165) is 30.5 Å². The van der Waals surface area contributed by atoms with Crippen LogP contribution in [0.3, 0.4) is 0 Å². The van der Waals surface area contributed by atoms with Crippen molar-refractivity contribution >= 4 is 11.0 Å². The number of allylic oxidation sites excluding steroid dienone is 4. The van der Waals surface area contributed by atoms with E-state index in [-0.39, 0.29) is 45.8 Å². The van der Waals surface area contributed by atoms with Crippen LogP contribution in [-0.4, -0.2) is 32.6 Å². The third-order valence-electron chi connectivity index (χ3n) is 5.48. The summed E-state index contributed by atoms with van der Waals surface area (Å²) in [7, 11) is 1.26. The number of ether oxygens (including phenoxy) is 1. The summed E-state index contributed by atoms with van der Waals surface area (Å²) >= 11 is 0. The predicted molar refractivity (Wildman–Crippen MR) is 129 cm³/mol. The van der Waals surface area contributed by atoms with Gasteiger partial charge in [0.2, 0.25) is 16.9 Å². The minimum absolute atomic E-state index is 0.00900. The molecule has 0 aliphatic rings. The monoisotopic (exact) mass is 468 g/mol. The maximum atomic E-state index is 12.9. The fourth-order valence-corrected chi connectivity index (χ4v) is 3.65. The van der Waals surface area contributed by atoms with Gasteiger partial charge in [0.15, 0.2) is 17.3 Å². The van der Waals surface area contributed by atoms with Crippen molar-refractivity contribution in [2.75, 3.05) is 7.11 Å². The summed E-state index contributed by atoms with van der Waals surface area (Å²) in [6.07, 6.45) is 5.84. The summed E-state index contributed by atoms with van der Waals surface area (Å²) in [5.74, 6) is -3.00. The van der Waals surface area contributed by atoms with Crippen LogP contribution < -0.4 is 10.2 Å². The molecule has 0 unspecified atom stereocenters. The Labute approximate surface area is 196 Å². The van der Waals surface area contributed by atoms with E-state index in [4.69, 9.17) is 9.15 Å². The first-order valence-electron chi connectivity index (χ1n) is 10.7. The highest BCUT2D eigenvalue weighted by Gasteiger charge is 2.23. The fourth-order valence-electron chi connectivity index (χ4n) is 3.65. The summed E-state index contributed by atoms with van der Waals surface area (Å²) in [5.41, 5.74) is 1.31. The zero-order valence-corrected chi connectivity index (χ0v) is 19.5. The number of methoxy groups -OCH3 is 1. The Bertz CT molecular complexity index is 1330. The van der Waals surface area contributed by atoms with E-state index >= 15 is 0 Å². The van der Waals surface area contributed by atoms with Crippen LogP contribution in [0.1, 0.15) is 39.2 Å². The first kappa shape index (κ1) is 24.6. The molecule has 180 valence electrons. The van der Waals surface area contributed by atoms with Gasteiger partial charge in [0, 0.05) is 17.2 Å². The Morgan fingerprint density at radius 3 is 2.18 bits per heavy atom. The summed E-state index contributed by atoms with van der Waals surface area (Å²) in [6.45, 7) is 5.99. The third-order valence-corrected chi connectivity index (χ3v) is 5.48. The summed E-state index contributed by atoms with van der Waals surface area (Å²) < 4.78 is 10.5. The van der Waals surface area contributed by atoms with E-state index in [2.05, 4.69) is 6.08 Å². The van der Waals surface area contributed by atoms with Gasteiger partial charge in [-0.15, -0.1) is 0 Å². The summed E-state index contributed by atoms with van der Waals surface area (Å²) in [4.78, 5) is 12.9. The van der Waals surface area contributed by atoms with Crippen LogP contribution in [0.5, 0.6) is 34.5 Å². The quantitative estimate of drug-likeness (QED) is 0.297. The van der Waals surface area contributed by atoms with E-state index in [1.165, 1.54) is 18.7 Å². The van der Waals surface area contributed by atoms with Crippen LogP contribution in [0.25, 0.3) is 22.3 Å². The molecule has 3 aromatic rings. The highest BCUT2D eigenvalue weighted by molar-refractivity contribution is 5.90. The van der Waals surface area contributed by atoms with E-state index in [1.807, 2.05) is 26.8 Å². The molecule has 3 rings (SSSR count). The molecule has 0 fully saturated rings. The highest BCUT2D eigenvalue weighted by Crippen LogP contribution is 2.43. The van der Waals surface area contributed by atoms with Crippen LogP contribution in [-0.2, 0) is 6.42 Å². The van der Waals surface area contributed by atoms with Gasteiger partial charge in [-0.3, -0.25) is 4.79 Å². The molecule has 1 heterocycles. The minimum atomic E-state index is -0.922. The predicted octanol–water partition coefficient (Wildman–Crippen LogP) is 5.23. The molecule has 34 heavy (non-hydrogen) atoms. The topological polar surface area (TPSA) is 141 Å². The van der Waals surface area contributed by atoms with Crippen molar-refractivity contribution in [2.24, 2.45) is 0 Å². The molecule has 0 amide bonds. The molecule has 0 radical (unpaired) electrons. The van der Waals surface area contributed by atoms with Gasteiger partial charge < -0.3 is 34.7 Å². The van der Waals surface area contributed by atoms with Crippen LogP contribution >= 0.6 is 0 Å². The summed E-state index contributed by atoms with van der Waals surface area (Å²) in [5, 5.41) is 51.6. The van der Waals surface area contributed by atoms with Gasteiger partial charge in [-0.05, 0) is 52.2 Å². The van der Waals surface area contributed by atoms with Crippen molar-refractivity contribution < 1.29 is 34.7 Å². The Morgan fingerprint density at radius 2 is 1.59 bits per heavy atom. The number of aromatic hydroxyl groups is 5. The minimum Gasteiger partial charge on any atom is -0.507 e. The molecule has 0 bridgehead atoms. The zero-order chi connectivity index (χ0) is 25.2. The molecular weight excluding hydrogens is 440 g/mol. The van der Waals surface area contributed by atoms with Crippen LogP contribution in [0.2, 0.25) is 0 Å². The first-order chi connectivity index (χ1) is 16.0. The van der Waals surface area contributed by atoms with Crippen molar-refractivity contribution in [1.29, 1.82) is 0 Å². The standard InChI is InChI=1S/C26H28O8/c1-13(2)6-5-7-14(3)8-9-16-17(27)12-20-21(22(16)30)23(31)24(32)25(34-20)15-10-18(28)26(33-4)19(29)11-15/h6,8,10-12,27-30,32H,5,7,9H2,1-4H3/b14-8+. The van der Waals surface area contributed by atoms with E-state index in [9.17, 15) is 30.3 Å². The Morgan fingerprint density at radius 1 is 0.941 bits per heavy atom. The molecule has 8 nitrogen and oxygen atoms in total. The van der Waals surface area contributed by atoms with E-state index < -0.39 is 28.4 Å². The smallest absolute Gasteiger partial charge is 0.238 e. The number of rotatable bonds is 7. The Hall–Kier alpha value is -4.07. The zero-order valence-electron chi connectivity index (χ0n) is 19.5. The molecular formula is C26H28O8. The average molecular weight is 469 g/mol. The SMILES string of the molecule is COc1c(O)cc(-c2oc3cc(O)c(C/C=C(\C)CCC=C(C)C)c(O)c3c(=O)c2O)cc1O. The molecule has 2 aromatic carbocycles. The van der Waals surface area contributed by atoms with Crippen molar-refractivity contribution in [1.82, 2.24) is 0 Å². The molecule has 8 heteroatoms. The number of benzene rings is 2. The van der Waals surface area contributed by atoms with Gasteiger partial charge in [0.1, 0.15) is 22.5 Å². The fraction of sp³-hybridized carbons (Fsp3) is 0.269. The maximum Gasteiger partial charge on any atom is 0.238 e. The average Bonchev–Trinajstić information content (AvgIpc) is 2.75. The van der Waals surface area contributed by atoms with Gasteiger partial charge in [0.05, 0.1) is 7.11 Å². The van der Waals surface area contributed by atoms with Crippen LogP contribution in [0, 0.1) is 0 Å². The molecule has 5 N–H and O–H groups in total. The van der Waals surface area contributed by atoms with Crippen molar-refractivity contribution in [3.05, 3.63) is 57.3 Å². The molecule has 0 spiro atoms. The highest BCUT2D eigenvalue weighted by atomic mass is 16.5. The second-order valence-electron chi connectivity index (χ2n) is 8.33. The number of phenols is 4. The second kappa shape index (κ2) is 9.82. The van der Waals surface area contributed by atoms with Gasteiger partial charge in [0.25, 0.3) is 0 Å². The lowest BCUT2D eigenvalue weighted by molar-refractivity contribution is 0.344. The lowest BCUT2D eigenvalue weighted by Gasteiger charge is -2.12. The lowest BCUT2D eigenvalue weighted by atomic mass is 10.0.